The molecule has 0 aliphatic carbocycles. The number of aromatic nitrogens is 1. The van der Waals surface area contributed by atoms with Gasteiger partial charge in [0.05, 0.1) is 38.5 Å². The molecule has 1 saturated heterocycles. The highest BCUT2D eigenvalue weighted by Gasteiger charge is 2.35. The molecule has 2 N–H and O–H groups in total. The molecular weight excluding hydrogens is 448 g/mol. The lowest BCUT2D eigenvalue weighted by Crippen LogP contribution is -2.42. The fourth-order valence-electron chi connectivity index (χ4n) is 4.71. The van der Waals surface area contributed by atoms with E-state index in [0.717, 1.165) is 44.1 Å². The molecule has 0 spiro atoms. The van der Waals surface area contributed by atoms with Gasteiger partial charge in [0.15, 0.2) is 17.3 Å². The molecule has 35 heavy (non-hydrogen) atoms. The second-order valence-electron chi connectivity index (χ2n) is 8.57. The summed E-state index contributed by atoms with van der Waals surface area (Å²) in [5, 5.41) is 0. The first-order valence-corrected chi connectivity index (χ1v) is 11.9. The van der Waals surface area contributed by atoms with Crippen LogP contribution in [0.3, 0.4) is 0 Å². The zero-order chi connectivity index (χ0) is 24.4. The van der Waals surface area contributed by atoms with Crippen LogP contribution in [-0.2, 0) is 4.74 Å². The van der Waals surface area contributed by atoms with Crippen LogP contribution < -0.4 is 15.2 Å². The molecule has 1 amide bonds. The van der Waals surface area contributed by atoms with Gasteiger partial charge in [-0.25, -0.2) is 4.99 Å². The lowest BCUT2D eigenvalue weighted by atomic mass is 10.0. The normalized spacial score (nSPS) is 19.5. The third-order valence-electron chi connectivity index (χ3n) is 6.51. The summed E-state index contributed by atoms with van der Waals surface area (Å²) < 4.78 is 17.8. The first-order valence-electron chi connectivity index (χ1n) is 11.9. The molecule has 1 aromatic heterocycles. The summed E-state index contributed by atoms with van der Waals surface area (Å²) in [6.07, 6.45) is 2.55. The predicted molar refractivity (Wildman–Crippen MR) is 132 cm³/mol. The Labute approximate surface area is 204 Å². The maximum Gasteiger partial charge on any atom is 0.251 e. The number of nitrogens with two attached hydrogens (primary N) is 1. The number of nitrogens with zero attached hydrogens (tertiary/aromatic N) is 5. The minimum absolute atomic E-state index is 0.148. The number of rotatable bonds is 8. The molecular formula is C25H30N6O4. The molecule has 3 aliphatic rings. The van der Waals surface area contributed by atoms with Gasteiger partial charge in [0.1, 0.15) is 17.2 Å². The number of aliphatic imine (C=N–C) groups is 2. The van der Waals surface area contributed by atoms with Crippen molar-refractivity contribution in [3.05, 3.63) is 47.3 Å². The van der Waals surface area contributed by atoms with Gasteiger partial charge >= 0.3 is 0 Å². The van der Waals surface area contributed by atoms with E-state index in [2.05, 4.69) is 16.8 Å². The number of morpholine rings is 1. The molecule has 1 aromatic carbocycles. The predicted octanol–water partition coefficient (Wildman–Crippen LogP) is 1.83. The van der Waals surface area contributed by atoms with Crippen LogP contribution in [0.2, 0.25) is 0 Å². The largest absolute Gasteiger partial charge is 0.491 e. The Morgan fingerprint density at radius 2 is 2.14 bits per heavy atom. The van der Waals surface area contributed by atoms with Crippen molar-refractivity contribution in [1.29, 1.82) is 0 Å². The number of hydrogen-bond donors (Lipinski definition) is 1. The summed E-state index contributed by atoms with van der Waals surface area (Å²) in [5.41, 5.74) is 7.80. The molecule has 10 nitrogen and oxygen atoms in total. The van der Waals surface area contributed by atoms with Crippen molar-refractivity contribution < 1.29 is 19.0 Å². The number of hydrogen-bond acceptors (Lipinski definition) is 9. The van der Waals surface area contributed by atoms with E-state index in [4.69, 9.17) is 29.9 Å². The van der Waals surface area contributed by atoms with Gasteiger partial charge in [-0.3, -0.25) is 19.7 Å². The van der Waals surface area contributed by atoms with E-state index in [0.29, 0.717) is 54.0 Å². The number of methoxy groups -OCH3 is 1. The molecule has 1 unspecified atom stereocenters. The van der Waals surface area contributed by atoms with Crippen molar-refractivity contribution in [2.24, 2.45) is 15.7 Å². The van der Waals surface area contributed by atoms with Crippen molar-refractivity contribution in [3.63, 3.8) is 0 Å². The number of amides is 1. The lowest BCUT2D eigenvalue weighted by Gasteiger charge is -2.32. The quantitative estimate of drug-likeness (QED) is 0.616. The Hall–Kier alpha value is -3.50. The second kappa shape index (κ2) is 10.0. The Morgan fingerprint density at radius 1 is 1.26 bits per heavy atom. The third-order valence-corrected chi connectivity index (χ3v) is 6.51. The van der Waals surface area contributed by atoms with E-state index in [1.54, 1.807) is 25.4 Å². The molecule has 0 radical (unpaired) electrons. The van der Waals surface area contributed by atoms with Gasteiger partial charge in [0, 0.05) is 37.8 Å². The maximum absolute atomic E-state index is 12.1. The molecule has 1 fully saturated rings. The van der Waals surface area contributed by atoms with Crippen molar-refractivity contribution in [3.8, 4) is 11.5 Å². The van der Waals surface area contributed by atoms with Gasteiger partial charge in [0.25, 0.3) is 5.91 Å². The minimum Gasteiger partial charge on any atom is -0.491 e. The Kier molecular flexibility index (Phi) is 6.65. The first kappa shape index (κ1) is 23.3. The molecule has 10 heteroatoms. The van der Waals surface area contributed by atoms with E-state index >= 15 is 0 Å². The van der Waals surface area contributed by atoms with E-state index in [1.165, 1.54) is 0 Å². The summed E-state index contributed by atoms with van der Waals surface area (Å²) in [7, 11) is 1.60. The first-order chi connectivity index (χ1) is 17.1. The SMILES string of the molecule is CCN1CCOC(CCOc2ccc3c(c2OC)N=C(c2ncccc2C(N)=O)N2CCN=C32)C1. The Morgan fingerprint density at radius 3 is 2.94 bits per heavy atom. The molecule has 184 valence electrons. The van der Waals surface area contributed by atoms with Gasteiger partial charge in [-0.2, -0.15) is 0 Å². The van der Waals surface area contributed by atoms with Crippen LogP contribution in [-0.4, -0.2) is 91.5 Å². The van der Waals surface area contributed by atoms with Gasteiger partial charge in [-0.15, -0.1) is 0 Å². The van der Waals surface area contributed by atoms with Gasteiger partial charge in [0.2, 0.25) is 0 Å². The van der Waals surface area contributed by atoms with Crippen LogP contribution in [0, 0.1) is 0 Å². The molecule has 2 aromatic rings. The number of carbonyl (C=O) groups excluding carboxylic acids is 1. The topological polar surface area (TPSA) is 115 Å². The lowest BCUT2D eigenvalue weighted by molar-refractivity contribution is -0.0351. The average Bonchev–Trinajstić information content (AvgIpc) is 3.38. The van der Waals surface area contributed by atoms with Gasteiger partial charge in [-0.1, -0.05) is 6.92 Å². The molecule has 4 heterocycles. The summed E-state index contributed by atoms with van der Waals surface area (Å²) >= 11 is 0. The number of carbonyl (C=O) groups is 1. The number of fused-ring (bicyclic) bond motifs is 3. The van der Waals surface area contributed by atoms with Crippen LogP contribution in [0.15, 0.2) is 40.4 Å². The van der Waals surface area contributed by atoms with Crippen LogP contribution in [0.5, 0.6) is 11.5 Å². The van der Waals surface area contributed by atoms with Crippen LogP contribution >= 0.6 is 0 Å². The highest BCUT2D eigenvalue weighted by atomic mass is 16.5. The summed E-state index contributed by atoms with van der Waals surface area (Å²) in [6, 6.07) is 7.18. The number of amidine groups is 2. The molecule has 3 aliphatic heterocycles. The summed E-state index contributed by atoms with van der Waals surface area (Å²) in [4.78, 5) is 30.5. The number of likely N-dealkylation sites (N-methyl/N-ethyl adjacent to an activating group) is 1. The van der Waals surface area contributed by atoms with E-state index in [-0.39, 0.29) is 6.10 Å². The Balaban J connectivity index is 1.45. The van der Waals surface area contributed by atoms with Crippen molar-refractivity contribution in [1.82, 2.24) is 14.8 Å². The highest BCUT2D eigenvalue weighted by Crippen LogP contribution is 2.44. The van der Waals surface area contributed by atoms with Crippen molar-refractivity contribution in [2.45, 2.75) is 19.4 Å². The van der Waals surface area contributed by atoms with E-state index in [9.17, 15) is 4.79 Å². The highest BCUT2D eigenvalue weighted by molar-refractivity contribution is 6.22. The summed E-state index contributed by atoms with van der Waals surface area (Å²) in [5.74, 6) is 1.85. The van der Waals surface area contributed by atoms with Crippen LogP contribution in [0.25, 0.3) is 0 Å². The van der Waals surface area contributed by atoms with E-state index < -0.39 is 5.91 Å². The fraction of sp³-hybridized carbons (Fsp3) is 0.440. The summed E-state index contributed by atoms with van der Waals surface area (Å²) in [6.45, 7) is 7.57. The van der Waals surface area contributed by atoms with Gasteiger partial charge in [-0.05, 0) is 30.8 Å². The zero-order valence-electron chi connectivity index (χ0n) is 20.1. The molecule has 0 saturated carbocycles. The number of pyridine rings is 1. The second-order valence-corrected chi connectivity index (χ2v) is 8.57. The smallest absolute Gasteiger partial charge is 0.251 e. The Bertz CT molecular complexity index is 1180. The monoisotopic (exact) mass is 478 g/mol. The maximum atomic E-state index is 12.1. The molecule has 1 atom stereocenters. The number of primary amides is 1. The van der Waals surface area contributed by atoms with Crippen molar-refractivity contribution in [2.75, 3.05) is 53.0 Å². The van der Waals surface area contributed by atoms with Crippen molar-refractivity contribution >= 4 is 23.3 Å². The third kappa shape index (κ3) is 4.46. The van der Waals surface area contributed by atoms with Crippen LogP contribution in [0.1, 0.15) is 35.0 Å². The van der Waals surface area contributed by atoms with Crippen LogP contribution in [0.4, 0.5) is 5.69 Å². The average molecular weight is 479 g/mol. The standard InChI is InChI=1S/C25H30N6O4/c1-3-30-12-14-34-16(15-30)8-13-35-19-7-6-18-20(22(19)33-2)29-25(31-11-10-28-24(18)31)21-17(23(26)32)5-4-9-27-21/h4-7,9,16H,3,8,10-15H2,1-2H3,(H2,26,32). The zero-order valence-corrected chi connectivity index (χ0v) is 20.1. The molecule has 0 bridgehead atoms. The fourth-order valence-corrected chi connectivity index (χ4v) is 4.71. The number of ether oxygens (including phenoxy) is 3. The van der Waals surface area contributed by atoms with E-state index in [1.807, 2.05) is 17.0 Å². The number of benzene rings is 1. The minimum atomic E-state index is -0.560. The van der Waals surface area contributed by atoms with Gasteiger partial charge < -0.3 is 24.8 Å². The molecule has 5 rings (SSSR count).